The van der Waals surface area contributed by atoms with Crippen LogP contribution in [0.2, 0.25) is 0 Å². The molecule has 0 atom stereocenters. The van der Waals surface area contributed by atoms with Gasteiger partial charge in [-0.1, -0.05) is 90.4 Å². The van der Waals surface area contributed by atoms with E-state index in [1.165, 1.54) is 70.6 Å². The summed E-state index contributed by atoms with van der Waals surface area (Å²) in [5.41, 5.74) is 0. The average molecular weight is 343 g/mol. The van der Waals surface area contributed by atoms with Crippen molar-refractivity contribution in [2.24, 2.45) is 0 Å². The second-order valence-electron chi connectivity index (χ2n) is 7.00. The van der Waals surface area contributed by atoms with Crippen LogP contribution in [-0.4, -0.2) is 27.6 Å². The van der Waals surface area contributed by atoms with Gasteiger partial charge in [-0.25, -0.2) is 0 Å². The van der Waals surface area contributed by atoms with Gasteiger partial charge in [-0.2, -0.15) is 0 Å². The lowest BCUT2D eigenvalue weighted by Crippen LogP contribution is -2.45. The van der Waals surface area contributed by atoms with Gasteiger partial charge in [-0.15, -0.1) is 0 Å². The number of aliphatic hydroxyl groups is 2. The molecule has 0 saturated carbocycles. The monoisotopic (exact) mass is 342 g/mol. The van der Waals surface area contributed by atoms with E-state index in [-0.39, 0.29) is 6.42 Å². The highest BCUT2D eigenvalue weighted by Gasteiger charge is 2.37. The molecule has 0 aliphatic carbocycles. The van der Waals surface area contributed by atoms with Crippen molar-refractivity contribution in [1.82, 2.24) is 0 Å². The third-order valence-corrected chi connectivity index (χ3v) is 4.64. The van der Waals surface area contributed by atoms with Crippen molar-refractivity contribution in [3.05, 3.63) is 0 Å². The van der Waals surface area contributed by atoms with Crippen LogP contribution in [0.3, 0.4) is 0 Å². The highest BCUT2D eigenvalue weighted by Crippen LogP contribution is 2.14. The standard InChI is InChI=1S/C20H38O4/c1-3-4-5-6-7-8-9-10-11-12-13-14-15-16-17-19(22)20(23,24)18(2)21/h23-24H,3-17H2,1-2H3. The summed E-state index contributed by atoms with van der Waals surface area (Å²) < 4.78 is 0. The minimum Gasteiger partial charge on any atom is -0.354 e. The Labute approximate surface area is 148 Å². The minimum atomic E-state index is -2.78. The van der Waals surface area contributed by atoms with Crippen LogP contribution < -0.4 is 0 Å². The van der Waals surface area contributed by atoms with Crippen LogP contribution in [0.1, 0.15) is 110 Å². The van der Waals surface area contributed by atoms with Gasteiger partial charge in [0.15, 0.2) is 11.6 Å². The lowest BCUT2D eigenvalue weighted by Gasteiger charge is -2.16. The molecule has 142 valence electrons. The summed E-state index contributed by atoms with van der Waals surface area (Å²) in [5, 5.41) is 18.6. The molecule has 2 N–H and O–H groups in total. The lowest BCUT2D eigenvalue weighted by atomic mass is 10.0. The van der Waals surface area contributed by atoms with Crippen molar-refractivity contribution in [2.45, 2.75) is 116 Å². The van der Waals surface area contributed by atoms with Crippen LogP contribution in [0.4, 0.5) is 0 Å². The molecule has 0 aromatic carbocycles. The molecule has 0 aromatic rings. The molecule has 0 unspecified atom stereocenters. The number of ketones is 2. The Morgan fingerprint density at radius 1 is 0.667 bits per heavy atom. The number of hydrogen-bond donors (Lipinski definition) is 2. The van der Waals surface area contributed by atoms with Gasteiger partial charge >= 0.3 is 0 Å². The first-order valence-corrected chi connectivity index (χ1v) is 9.92. The summed E-state index contributed by atoms with van der Waals surface area (Å²) >= 11 is 0. The van der Waals surface area contributed by atoms with Crippen molar-refractivity contribution in [3.8, 4) is 0 Å². The fourth-order valence-electron chi connectivity index (χ4n) is 2.85. The van der Waals surface area contributed by atoms with Crippen molar-refractivity contribution < 1.29 is 19.8 Å². The zero-order valence-electron chi connectivity index (χ0n) is 15.8. The lowest BCUT2D eigenvalue weighted by molar-refractivity contribution is -0.187. The highest BCUT2D eigenvalue weighted by molar-refractivity contribution is 6.07. The fraction of sp³-hybridized carbons (Fsp3) is 0.900. The molecule has 0 aliphatic rings. The molecule has 0 saturated heterocycles. The molecule has 0 amide bonds. The molecule has 24 heavy (non-hydrogen) atoms. The van der Waals surface area contributed by atoms with Crippen LogP contribution in [0, 0.1) is 0 Å². The third-order valence-electron chi connectivity index (χ3n) is 4.64. The Balaban J connectivity index is 3.32. The van der Waals surface area contributed by atoms with E-state index in [4.69, 9.17) is 0 Å². The van der Waals surface area contributed by atoms with Crippen LogP contribution in [-0.2, 0) is 9.59 Å². The average Bonchev–Trinajstić information content (AvgIpc) is 2.54. The Bertz CT molecular complexity index is 337. The third kappa shape index (κ3) is 11.7. The maximum Gasteiger partial charge on any atom is 0.285 e. The summed E-state index contributed by atoms with van der Waals surface area (Å²) in [7, 11) is 0. The number of rotatable bonds is 17. The first kappa shape index (κ1) is 23.3. The van der Waals surface area contributed by atoms with Gasteiger partial charge in [0.2, 0.25) is 0 Å². The molecule has 0 radical (unpaired) electrons. The largest absolute Gasteiger partial charge is 0.354 e. The molecule has 0 spiro atoms. The van der Waals surface area contributed by atoms with Gasteiger partial charge in [0.1, 0.15) is 0 Å². The van der Waals surface area contributed by atoms with E-state index < -0.39 is 17.4 Å². The summed E-state index contributed by atoms with van der Waals surface area (Å²) in [4.78, 5) is 22.4. The van der Waals surface area contributed by atoms with E-state index in [0.717, 1.165) is 19.8 Å². The zero-order valence-corrected chi connectivity index (χ0v) is 15.8. The predicted octanol–water partition coefficient (Wildman–Crippen LogP) is 4.70. The topological polar surface area (TPSA) is 74.6 Å². The summed E-state index contributed by atoms with van der Waals surface area (Å²) in [6.45, 7) is 3.26. The van der Waals surface area contributed by atoms with E-state index in [2.05, 4.69) is 6.92 Å². The SMILES string of the molecule is CCCCCCCCCCCCCCCCC(=O)C(O)(O)C(C)=O. The van der Waals surface area contributed by atoms with E-state index in [9.17, 15) is 19.8 Å². The second kappa shape index (κ2) is 14.6. The van der Waals surface area contributed by atoms with Crippen molar-refractivity contribution in [3.63, 3.8) is 0 Å². The minimum absolute atomic E-state index is 0.0601. The van der Waals surface area contributed by atoms with E-state index in [1.807, 2.05) is 0 Å². The van der Waals surface area contributed by atoms with Crippen LogP contribution in [0.15, 0.2) is 0 Å². The summed E-state index contributed by atoms with van der Waals surface area (Å²) in [6.07, 6.45) is 17.2. The zero-order chi connectivity index (χ0) is 18.3. The molecule has 0 aromatic heterocycles. The Morgan fingerprint density at radius 3 is 1.33 bits per heavy atom. The normalized spacial score (nSPS) is 11.7. The smallest absolute Gasteiger partial charge is 0.285 e. The molecule has 0 fully saturated rings. The molecule has 4 nitrogen and oxygen atoms in total. The fourth-order valence-corrected chi connectivity index (χ4v) is 2.85. The number of hydrogen-bond acceptors (Lipinski definition) is 4. The molecular weight excluding hydrogens is 304 g/mol. The maximum absolute atomic E-state index is 11.5. The molecule has 0 bridgehead atoms. The highest BCUT2D eigenvalue weighted by atomic mass is 16.5. The molecule has 0 aliphatic heterocycles. The van der Waals surface area contributed by atoms with Gasteiger partial charge in [-0.3, -0.25) is 9.59 Å². The quantitative estimate of drug-likeness (QED) is 0.228. The molecule has 4 heteroatoms. The van der Waals surface area contributed by atoms with Gasteiger partial charge in [-0.05, 0) is 6.42 Å². The van der Waals surface area contributed by atoms with Gasteiger partial charge < -0.3 is 10.2 Å². The summed E-state index contributed by atoms with van der Waals surface area (Å²) in [6, 6.07) is 0. The Kier molecular flexibility index (Phi) is 14.1. The van der Waals surface area contributed by atoms with Crippen LogP contribution in [0.5, 0.6) is 0 Å². The second-order valence-corrected chi connectivity index (χ2v) is 7.00. The van der Waals surface area contributed by atoms with Crippen molar-refractivity contribution >= 4 is 11.6 Å². The number of carbonyl (C=O) groups excluding carboxylic acids is 2. The van der Waals surface area contributed by atoms with Crippen LogP contribution in [0.25, 0.3) is 0 Å². The number of Topliss-reactive ketones (excluding diaryl/α,β-unsaturated/α-hetero) is 2. The van der Waals surface area contributed by atoms with Crippen molar-refractivity contribution in [2.75, 3.05) is 0 Å². The number of carbonyl (C=O) groups is 2. The predicted molar refractivity (Wildman–Crippen MR) is 97.8 cm³/mol. The van der Waals surface area contributed by atoms with Gasteiger partial charge in [0.05, 0.1) is 0 Å². The van der Waals surface area contributed by atoms with Gasteiger partial charge in [0.25, 0.3) is 5.79 Å². The van der Waals surface area contributed by atoms with E-state index in [1.54, 1.807) is 0 Å². The first-order valence-electron chi connectivity index (χ1n) is 9.92. The van der Waals surface area contributed by atoms with Crippen molar-refractivity contribution in [1.29, 1.82) is 0 Å². The molecule has 0 heterocycles. The van der Waals surface area contributed by atoms with Gasteiger partial charge in [0, 0.05) is 13.3 Å². The van der Waals surface area contributed by atoms with E-state index in [0.29, 0.717) is 6.42 Å². The summed E-state index contributed by atoms with van der Waals surface area (Å²) in [5.74, 6) is -4.47. The Morgan fingerprint density at radius 2 is 1.00 bits per heavy atom. The molecule has 0 rings (SSSR count). The Hall–Kier alpha value is -0.740. The van der Waals surface area contributed by atoms with Crippen LogP contribution >= 0.6 is 0 Å². The first-order chi connectivity index (χ1) is 11.4. The molecular formula is C20H38O4. The number of unbranched alkanes of at least 4 members (excludes halogenated alkanes) is 13. The maximum atomic E-state index is 11.5. The van der Waals surface area contributed by atoms with E-state index >= 15 is 0 Å².